The van der Waals surface area contributed by atoms with Crippen LogP contribution in [0.3, 0.4) is 0 Å². The molecule has 0 spiro atoms. The van der Waals surface area contributed by atoms with Gasteiger partial charge < -0.3 is 11.1 Å². The van der Waals surface area contributed by atoms with E-state index in [-0.39, 0.29) is 11.6 Å². The highest BCUT2D eigenvalue weighted by molar-refractivity contribution is 5.92. The van der Waals surface area contributed by atoms with Gasteiger partial charge in [-0.2, -0.15) is 0 Å². The summed E-state index contributed by atoms with van der Waals surface area (Å²) in [6.45, 7) is 2.34. The molecule has 0 fully saturated rings. The van der Waals surface area contributed by atoms with Gasteiger partial charge in [0.1, 0.15) is 5.82 Å². The number of nitrogens with zero attached hydrogens (tertiary/aromatic N) is 1. The van der Waals surface area contributed by atoms with Crippen molar-refractivity contribution in [2.75, 3.05) is 0 Å². The van der Waals surface area contributed by atoms with E-state index in [9.17, 15) is 9.18 Å². The van der Waals surface area contributed by atoms with E-state index in [1.807, 2.05) is 19.1 Å². The SMILES string of the molecule is C[C@@H](NCc1ccc(C(N)=O)cc1F)c1cccnc1. The second kappa shape index (κ2) is 6.25. The first-order valence-electron chi connectivity index (χ1n) is 6.29. The lowest BCUT2D eigenvalue weighted by Gasteiger charge is -2.14. The van der Waals surface area contributed by atoms with E-state index in [2.05, 4.69) is 10.3 Å². The van der Waals surface area contributed by atoms with Gasteiger partial charge in [0.2, 0.25) is 5.91 Å². The smallest absolute Gasteiger partial charge is 0.248 e. The molecule has 5 heteroatoms. The maximum Gasteiger partial charge on any atom is 0.248 e. The van der Waals surface area contributed by atoms with Crippen molar-refractivity contribution in [3.63, 3.8) is 0 Å². The highest BCUT2D eigenvalue weighted by Crippen LogP contribution is 2.14. The summed E-state index contributed by atoms with van der Waals surface area (Å²) in [6, 6.07) is 8.12. The summed E-state index contributed by atoms with van der Waals surface area (Å²) >= 11 is 0. The van der Waals surface area contributed by atoms with Crippen LogP contribution in [0.2, 0.25) is 0 Å². The van der Waals surface area contributed by atoms with Gasteiger partial charge in [0.25, 0.3) is 0 Å². The minimum Gasteiger partial charge on any atom is -0.366 e. The Labute approximate surface area is 116 Å². The van der Waals surface area contributed by atoms with Crippen LogP contribution in [0.1, 0.15) is 34.5 Å². The minimum atomic E-state index is -0.632. The van der Waals surface area contributed by atoms with Gasteiger partial charge in [-0.05, 0) is 30.7 Å². The third kappa shape index (κ3) is 3.39. The lowest BCUT2D eigenvalue weighted by atomic mass is 10.1. The number of carbonyl (C=O) groups excluding carboxylic acids is 1. The Balaban J connectivity index is 2.02. The van der Waals surface area contributed by atoms with Crippen molar-refractivity contribution in [3.8, 4) is 0 Å². The van der Waals surface area contributed by atoms with Crippen LogP contribution in [0, 0.1) is 5.82 Å². The predicted octanol–water partition coefficient (Wildman–Crippen LogP) is 2.17. The number of rotatable bonds is 5. The molecule has 0 aliphatic rings. The molecule has 0 aliphatic heterocycles. The second-order valence-corrected chi connectivity index (χ2v) is 4.56. The Hall–Kier alpha value is -2.27. The molecule has 2 rings (SSSR count). The number of hydrogen-bond donors (Lipinski definition) is 2. The van der Waals surface area contributed by atoms with Gasteiger partial charge >= 0.3 is 0 Å². The van der Waals surface area contributed by atoms with Crippen molar-refractivity contribution in [1.29, 1.82) is 0 Å². The van der Waals surface area contributed by atoms with Crippen LogP contribution >= 0.6 is 0 Å². The Bertz CT molecular complexity index is 601. The quantitative estimate of drug-likeness (QED) is 0.877. The van der Waals surface area contributed by atoms with Gasteiger partial charge in [-0.1, -0.05) is 12.1 Å². The van der Waals surface area contributed by atoms with Gasteiger partial charge in [0.15, 0.2) is 0 Å². The number of amides is 1. The summed E-state index contributed by atoms with van der Waals surface area (Å²) < 4.78 is 13.8. The van der Waals surface area contributed by atoms with Crippen LogP contribution < -0.4 is 11.1 Å². The molecule has 0 saturated carbocycles. The van der Waals surface area contributed by atoms with Crippen LogP contribution in [-0.4, -0.2) is 10.9 Å². The maximum atomic E-state index is 13.8. The van der Waals surface area contributed by atoms with E-state index < -0.39 is 11.7 Å². The number of pyridine rings is 1. The number of primary amides is 1. The summed E-state index contributed by atoms with van der Waals surface area (Å²) in [6.07, 6.45) is 3.47. The number of benzene rings is 1. The van der Waals surface area contributed by atoms with E-state index >= 15 is 0 Å². The fourth-order valence-corrected chi connectivity index (χ4v) is 1.86. The van der Waals surface area contributed by atoms with Crippen LogP contribution in [0.15, 0.2) is 42.7 Å². The van der Waals surface area contributed by atoms with E-state index in [1.54, 1.807) is 18.5 Å². The van der Waals surface area contributed by atoms with Gasteiger partial charge in [-0.3, -0.25) is 9.78 Å². The molecule has 0 aliphatic carbocycles. The second-order valence-electron chi connectivity index (χ2n) is 4.56. The highest BCUT2D eigenvalue weighted by atomic mass is 19.1. The zero-order chi connectivity index (χ0) is 14.5. The molecular formula is C15H16FN3O. The maximum absolute atomic E-state index is 13.8. The highest BCUT2D eigenvalue weighted by Gasteiger charge is 2.09. The van der Waals surface area contributed by atoms with Crippen LogP contribution in [-0.2, 0) is 6.54 Å². The van der Waals surface area contributed by atoms with Gasteiger partial charge in [0, 0.05) is 36.1 Å². The van der Waals surface area contributed by atoms with E-state index in [0.717, 1.165) is 11.6 Å². The number of halogens is 1. The molecule has 2 aromatic rings. The average Bonchev–Trinajstić information content (AvgIpc) is 2.46. The topological polar surface area (TPSA) is 68.0 Å². The van der Waals surface area contributed by atoms with E-state index in [4.69, 9.17) is 5.73 Å². The van der Waals surface area contributed by atoms with Gasteiger partial charge in [-0.15, -0.1) is 0 Å². The van der Waals surface area contributed by atoms with Crippen molar-refractivity contribution in [1.82, 2.24) is 10.3 Å². The summed E-state index contributed by atoms with van der Waals surface area (Å²) in [5.41, 5.74) is 6.80. The van der Waals surface area contributed by atoms with Crippen LogP contribution in [0.5, 0.6) is 0 Å². The molecule has 20 heavy (non-hydrogen) atoms. The fraction of sp³-hybridized carbons (Fsp3) is 0.200. The van der Waals surface area contributed by atoms with Crippen molar-refractivity contribution < 1.29 is 9.18 Å². The lowest BCUT2D eigenvalue weighted by molar-refractivity contribution is 0.1000. The zero-order valence-electron chi connectivity index (χ0n) is 11.1. The third-order valence-electron chi connectivity index (χ3n) is 3.12. The largest absolute Gasteiger partial charge is 0.366 e. The molecular weight excluding hydrogens is 257 g/mol. The Kier molecular flexibility index (Phi) is 4.42. The summed E-state index contributed by atoms with van der Waals surface area (Å²) in [5.74, 6) is -1.07. The number of nitrogens with one attached hydrogen (secondary N) is 1. The van der Waals surface area contributed by atoms with Crippen molar-refractivity contribution >= 4 is 5.91 Å². The Morgan fingerprint density at radius 3 is 2.85 bits per heavy atom. The predicted molar refractivity (Wildman–Crippen MR) is 74.4 cm³/mol. The molecule has 0 saturated heterocycles. The molecule has 1 amide bonds. The number of hydrogen-bond acceptors (Lipinski definition) is 3. The normalized spacial score (nSPS) is 12.1. The molecule has 0 bridgehead atoms. The van der Waals surface area contributed by atoms with Crippen LogP contribution in [0.25, 0.3) is 0 Å². The van der Waals surface area contributed by atoms with Gasteiger partial charge in [-0.25, -0.2) is 4.39 Å². The first-order valence-corrected chi connectivity index (χ1v) is 6.29. The first kappa shape index (κ1) is 14.1. The lowest BCUT2D eigenvalue weighted by Crippen LogP contribution is -2.19. The van der Waals surface area contributed by atoms with Crippen molar-refractivity contribution in [3.05, 3.63) is 65.2 Å². The summed E-state index contributed by atoms with van der Waals surface area (Å²) in [7, 11) is 0. The molecule has 4 nitrogen and oxygen atoms in total. The number of aromatic nitrogens is 1. The number of carbonyl (C=O) groups is 1. The molecule has 3 N–H and O–H groups in total. The third-order valence-corrected chi connectivity index (χ3v) is 3.12. The van der Waals surface area contributed by atoms with Crippen molar-refractivity contribution in [2.45, 2.75) is 19.5 Å². The minimum absolute atomic E-state index is 0.0546. The zero-order valence-corrected chi connectivity index (χ0v) is 11.1. The monoisotopic (exact) mass is 273 g/mol. The van der Waals surface area contributed by atoms with Crippen LogP contribution in [0.4, 0.5) is 4.39 Å². The standard InChI is InChI=1S/C15H16FN3O/c1-10(12-3-2-6-18-8-12)19-9-13-5-4-11(15(17)20)7-14(13)16/h2-8,10,19H,9H2,1H3,(H2,17,20)/t10-/m1/s1. The number of nitrogens with two attached hydrogens (primary N) is 1. The van der Waals surface area contributed by atoms with Crippen molar-refractivity contribution in [2.24, 2.45) is 5.73 Å². The molecule has 0 radical (unpaired) electrons. The van der Waals surface area contributed by atoms with E-state index in [1.165, 1.54) is 6.07 Å². The summed E-state index contributed by atoms with van der Waals surface area (Å²) in [5, 5.41) is 3.21. The molecule has 1 heterocycles. The first-order chi connectivity index (χ1) is 9.58. The molecule has 1 aromatic carbocycles. The fourth-order valence-electron chi connectivity index (χ4n) is 1.86. The molecule has 1 atom stereocenters. The molecule has 1 aromatic heterocycles. The van der Waals surface area contributed by atoms with E-state index in [0.29, 0.717) is 12.1 Å². The average molecular weight is 273 g/mol. The molecule has 0 unspecified atom stereocenters. The van der Waals surface area contributed by atoms with Gasteiger partial charge in [0.05, 0.1) is 0 Å². The molecule has 104 valence electrons. The summed E-state index contributed by atoms with van der Waals surface area (Å²) in [4.78, 5) is 15.0. The Morgan fingerprint density at radius 1 is 1.45 bits per heavy atom. The Morgan fingerprint density at radius 2 is 2.25 bits per heavy atom.